The van der Waals surface area contributed by atoms with Crippen LogP contribution in [0.3, 0.4) is 0 Å². The number of nitrogens with two attached hydrogens (primary N) is 1. The smallest absolute Gasteiger partial charge is 0.137 e. The van der Waals surface area contributed by atoms with Crippen LogP contribution in [0.5, 0.6) is 5.75 Å². The first-order valence-electron chi connectivity index (χ1n) is 10.6. The molecule has 7 heteroatoms. The van der Waals surface area contributed by atoms with Gasteiger partial charge in [0.1, 0.15) is 24.3 Å². The SMILES string of the molecule is COCC(N)COc1ccc(-c2ccc(/C=C/C(CO)n3ccnc3[C@H](C)O)cc2)cc1. The average Bonchev–Trinajstić information content (AvgIpc) is 3.29. The van der Waals surface area contributed by atoms with Gasteiger partial charge in [0.05, 0.1) is 25.3 Å². The molecule has 3 atom stereocenters. The zero-order valence-corrected chi connectivity index (χ0v) is 18.5. The zero-order valence-electron chi connectivity index (χ0n) is 18.5. The highest BCUT2D eigenvalue weighted by atomic mass is 16.5. The van der Waals surface area contributed by atoms with Gasteiger partial charge in [0, 0.05) is 19.5 Å². The number of hydrogen-bond acceptors (Lipinski definition) is 6. The van der Waals surface area contributed by atoms with Crippen molar-refractivity contribution >= 4 is 6.08 Å². The molecule has 0 spiro atoms. The Labute approximate surface area is 188 Å². The van der Waals surface area contributed by atoms with E-state index in [0.29, 0.717) is 19.0 Å². The number of aliphatic hydroxyl groups excluding tert-OH is 2. The molecule has 0 fully saturated rings. The summed E-state index contributed by atoms with van der Waals surface area (Å²) in [7, 11) is 1.62. The van der Waals surface area contributed by atoms with Crippen molar-refractivity contribution < 1.29 is 19.7 Å². The van der Waals surface area contributed by atoms with E-state index in [1.54, 1.807) is 31.0 Å². The van der Waals surface area contributed by atoms with Gasteiger partial charge in [-0.2, -0.15) is 0 Å². The van der Waals surface area contributed by atoms with Crippen molar-refractivity contribution in [1.82, 2.24) is 9.55 Å². The van der Waals surface area contributed by atoms with Crippen LogP contribution >= 0.6 is 0 Å². The maximum Gasteiger partial charge on any atom is 0.137 e. The minimum Gasteiger partial charge on any atom is -0.492 e. The molecule has 7 nitrogen and oxygen atoms in total. The van der Waals surface area contributed by atoms with Gasteiger partial charge >= 0.3 is 0 Å². The van der Waals surface area contributed by atoms with Crippen molar-refractivity contribution in [3.05, 3.63) is 78.4 Å². The summed E-state index contributed by atoms with van der Waals surface area (Å²) in [5.74, 6) is 1.29. The van der Waals surface area contributed by atoms with Crippen molar-refractivity contribution in [2.45, 2.75) is 25.1 Å². The molecule has 0 amide bonds. The highest BCUT2D eigenvalue weighted by Gasteiger charge is 2.14. The predicted octanol–water partition coefficient (Wildman–Crippen LogP) is 3.20. The molecule has 0 saturated carbocycles. The maximum atomic E-state index is 9.85. The number of ether oxygens (including phenoxy) is 2. The van der Waals surface area contributed by atoms with Crippen LogP contribution in [0.1, 0.15) is 30.5 Å². The van der Waals surface area contributed by atoms with Crippen molar-refractivity contribution in [3.8, 4) is 16.9 Å². The Morgan fingerprint density at radius 1 is 1.06 bits per heavy atom. The van der Waals surface area contributed by atoms with Crippen LogP contribution in [-0.2, 0) is 4.74 Å². The number of methoxy groups -OCH3 is 1. The summed E-state index contributed by atoms with van der Waals surface area (Å²) in [5.41, 5.74) is 9.07. The van der Waals surface area contributed by atoms with Gasteiger partial charge in [0.25, 0.3) is 0 Å². The van der Waals surface area contributed by atoms with Crippen LogP contribution in [0.25, 0.3) is 17.2 Å². The molecule has 3 rings (SSSR count). The van der Waals surface area contributed by atoms with E-state index in [-0.39, 0.29) is 18.7 Å². The first kappa shape index (κ1) is 23.7. The van der Waals surface area contributed by atoms with Crippen molar-refractivity contribution in [3.63, 3.8) is 0 Å². The van der Waals surface area contributed by atoms with Gasteiger partial charge in [-0.05, 0) is 35.7 Å². The maximum absolute atomic E-state index is 9.85. The Balaban J connectivity index is 1.63. The predicted molar refractivity (Wildman–Crippen MR) is 125 cm³/mol. The highest BCUT2D eigenvalue weighted by Crippen LogP contribution is 2.24. The minimum absolute atomic E-state index is 0.0878. The van der Waals surface area contributed by atoms with E-state index in [4.69, 9.17) is 15.2 Å². The second-order valence-corrected chi connectivity index (χ2v) is 7.65. The second kappa shape index (κ2) is 11.6. The Kier molecular flexibility index (Phi) is 8.58. The Morgan fingerprint density at radius 3 is 2.31 bits per heavy atom. The number of hydrogen-bond donors (Lipinski definition) is 3. The van der Waals surface area contributed by atoms with Crippen LogP contribution in [0, 0.1) is 0 Å². The summed E-state index contributed by atoms with van der Waals surface area (Å²) in [6.45, 7) is 2.43. The Bertz CT molecular complexity index is 981. The average molecular weight is 438 g/mol. The molecule has 3 aromatic rings. The molecule has 0 saturated heterocycles. The van der Waals surface area contributed by atoms with Gasteiger partial charge in [-0.3, -0.25) is 0 Å². The lowest BCUT2D eigenvalue weighted by molar-refractivity contribution is 0.152. The zero-order chi connectivity index (χ0) is 22.9. The molecule has 1 heterocycles. The summed E-state index contributed by atoms with van der Waals surface area (Å²) in [6.07, 6.45) is 6.54. The summed E-state index contributed by atoms with van der Waals surface area (Å²) >= 11 is 0. The lowest BCUT2D eigenvalue weighted by atomic mass is 10.0. The van der Waals surface area contributed by atoms with Crippen LogP contribution < -0.4 is 10.5 Å². The molecule has 1 aromatic heterocycles. The minimum atomic E-state index is -0.703. The highest BCUT2D eigenvalue weighted by molar-refractivity contribution is 5.66. The van der Waals surface area contributed by atoms with E-state index in [2.05, 4.69) is 17.1 Å². The third-order valence-corrected chi connectivity index (χ3v) is 5.07. The molecule has 0 radical (unpaired) electrons. The van der Waals surface area contributed by atoms with Gasteiger partial charge in [-0.15, -0.1) is 0 Å². The monoisotopic (exact) mass is 437 g/mol. The number of rotatable bonds is 11. The van der Waals surface area contributed by atoms with E-state index in [9.17, 15) is 10.2 Å². The Morgan fingerprint density at radius 2 is 1.72 bits per heavy atom. The van der Waals surface area contributed by atoms with Crippen LogP contribution in [-0.4, -0.2) is 52.7 Å². The fourth-order valence-corrected chi connectivity index (χ4v) is 3.39. The fourth-order valence-electron chi connectivity index (χ4n) is 3.39. The van der Waals surface area contributed by atoms with Gasteiger partial charge in [-0.25, -0.2) is 4.98 Å². The topological polar surface area (TPSA) is 103 Å². The van der Waals surface area contributed by atoms with Gasteiger partial charge in [0.2, 0.25) is 0 Å². The lowest BCUT2D eigenvalue weighted by Gasteiger charge is -2.16. The molecule has 0 aliphatic rings. The normalized spacial score (nSPS) is 14.4. The first-order valence-corrected chi connectivity index (χ1v) is 10.6. The Hall–Kier alpha value is -2.97. The summed E-state index contributed by atoms with van der Waals surface area (Å²) < 4.78 is 12.5. The number of benzene rings is 2. The molecule has 0 aliphatic carbocycles. The van der Waals surface area contributed by atoms with Crippen molar-refractivity contribution in [2.75, 3.05) is 26.9 Å². The van der Waals surface area contributed by atoms with E-state index < -0.39 is 6.10 Å². The summed E-state index contributed by atoms with van der Waals surface area (Å²) in [6, 6.07) is 15.6. The molecular formula is C25H31N3O4. The molecular weight excluding hydrogens is 406 g/mol. The fraction of sp³-hybridized carbons (Fsp3) is 0.320. The van der Waals surface area contributed by atoms with Gasteiger partial charge < -0.3 is 30.0 Å². The third kappa shape index (κ3) is 6.27. The van der Waals surface area contributed by atoms with Crippen LogP contribution in [0.15, 0.2) is 67.0 Å². The quantitative estimate of drug-likeness (QED) is 0.426. The van der Waals surface area contributed by atoms with E-state index in [1.807, 2.05) is 48.6 Å². The van der Waals surface area contributed by atoms with Crippen molar-refractivity contribution in [1.29, 1.82) is 0 Å². The molecule has 4 N–H and O–H groups in total. The number of nitrogens with zero attached hydrogens (tertiary/aromatic N) is 2. The summed E-state index contributed by atoms with van der Waals surface area (Å²) in [4.78, 5) is 4.17. The number of aliphatic hydroxyl groups is 2. The summed E-state index contributed by atoms with van der Waals surface area (Å²) in [5, 5.41) is 19.6. The van der Waals surface area contributed by atoms with Crippen molar-refractivity contribution in [2.24, 2.45) is 5.73 Å². The van der Waals surface area contributed by atoms with E-state index >= 15 is 0 Å². The second-order valence-electron chi connectivity index (χ2n) is 7.65. The first-order chi connectivity index (χ1) is 15.5. The molecule has 32 heavy (non-hydrogen) atoms. The third-order valence-electron chi connectivity index (χ3n) is 5.07. The van der Waals surface area contributed by atoms with E-state index in [0.717, 1.165) is 22.4 Å². The standard InChI is InChI=1S/C25H31N3O4/c1-18(30)25-27-13-14-28(25)23(15-29)10-5-19-3-6-20(7-4-19)21-8-11-24(12-9-21)32-17-22(26)16-31-2/h3-14,18,22-23,29-30H,15-17,26H2,1-2H3/b10-5+/t18-,22?,23?/m0/s1. The van der Waals surface area contributed by atoms with Crippen LogP contribution in [0.2, 0.25) is 0 Å². The van der Waals surface area contributed by atoms with Gasteiger partial charge in [-0.1, -0.05) is 48.6 Å². The number of aromatic nitrogens is 2. The molecule has 0 aliphatic heterocycles. The molecule has 0 bridgehead atoms. The van der Waals surface area contributed by atoms with Crippen LogP contribution in [0.4, 0.5) is 0 Å². The number of imidazole rings is 1. The molecule has 2 aromatic carbocycles. The lowest BCUT2D eigenvalue weighted by Crippen LogP contribution is -2.32. The van der Waals surface area contributed by atoms with E-state index in [1.165, 1.54) is 0 Å². The molecule has 2 unspecified atom stereocenters. The largest absolute Gasteiger partial charge is 0.492 e. The van der Waals surface area contributed by atoms with Gasteiger partial charge in [0.15, 0.2) is 0 Å². The molecule has 170 valence electrons.